The quantitative estimate of drug-likeness (QED) is 0.249. The SMILES string of the molecule is CC(C)CCN(CCC(C)C)C(=O)c1ccc([N+](=O)[O-])c(NCCCNC(=O)O)c1. The molecule has 168 valence electrons. The van der Waals surface area contributed by atoms with Crippen molar-refractivity contribution in [1.82, 2.24) is 10.2 Å². The van der Waals surface area contributed by atoms with Crippen molar-refractivity contribution in [2.24, 2.45) is 11.8 Å². The van der Waals surface area contributed by atoms with Crippen molar-refractivity contribution in [2.45, 2.75) is 47.0 Å². The Bertz CT molecular complexity index is 709. The maximum Gasteiger partial charge on any atom is 0.404 e. The van der Waals surface area contributed by atoms with Crippen LogP contribution in [0.15, 0.2) is 18.2 Å². The minimum atomic E-state index is -1.11. The minimum Gasteiger partial charge on any atom is -0.465 e. The third kappa shape index (κ3) is 9.11. The van der Waals surface area contributed by atoms with E-state index in [1.807, 2.05) is 4.90 Å². The molecule has 3 N–H and O–H groups in total. The van der Waals surface area contributed by atoms with Crippen LogP contribution in [0.2, 0.25) is 0 Å². The largest absolute Gasteiger partial charge is 0.465 e. The van der Waals surface area contributed by atoms with Crippen molar-refractivity contribution >= 4 is 23.4 Å². The van der Waals surface area contributed by atoms with E-state index >= 15 is 0 Å². The molecule has 0 heterocycles. The summed E-state index contributed by atoms with van der Waals surface area (Å²) in [4.78, 5) is 36.3. The van der Waals surface area contributed by atoms with Gasteiger partial charge in [-0.15, -0.1) is 0 Å². The first-order chi connectivity index (χ1) is 14.1. The maximum absolute atomic E-state index is 13.1. The summed E-state index contributed by atoms with van der Waals surface area (Å²) < 4.78 is 0. The second kappa shape index (κ2) is 12.7. The number of nitrogens with one attached hydrogen (secondary N) is 2. The molecule has 9 nitrogen and oxygen atoms in total. The molecule has 9 heteroatoms. The van der Waals surface area contributed by atoms with Crippen LogP contribution in [0.1, 0.15) is 57.3 Å². The predicted molar refractivity (Wildman–Crippen MR) is 117 cm³/mol. The number of hydrogen-bond acceptors (Lipinski definition) is 5. The highest BCUT2D eigenvalue weighted by molar-refractivity contribution is 5.96. The summed E-state index contributed by atoms with van der Waals surface area (Å²) in [6.07, 6.45) is 1.12. The monoisotopic (exact) mass is 422 g/mol. The zero-order chi connectivity index (χ0) is 22.7. The van der Waals surface area contributed by atoms with Gasteiger partial charge in [0.2, 0.25) is 0 Å². The molecule has 30 heavy (non-hydrogen) atoms. The fourth-order valence-electron chi connectivity index (χ4n) is 2.80. The molecule has 0 aliphatic carbocycles. The van der Waals surface area contributed by atoms with Crippen LogP contribution in [-0.2, 0) is 0 Å². The Morgan fingerprint density at radius 2 is 1.70 bits per heavy atom. The van der Waals surface area contributed by atoms with E-state index < -0.39 is 11.0 Å². The van der Waals surface area contributed by atoms with Gasteiger partial charge in [-0.3, -0.25) is 14.9 Å². The van der Waals surface area contributed by atoms with Crippen LogP contribution in [0.5, 0.6) is 0 Å². The molecule has 0 fully saturated rings. The smallest absolute Gasteiger partial charge is 0.404 e. The average Bonchev–Trinajstić information content (AvgIpc) is 2.66. The number of benzene rings is 1. The number of carboxylic acid groups (broad SMARTS) is 1. The predicted octanol–water partition coefficient (Wildman–Crippen LogP) is 4.20. The summed E-state index contributed by atoms with van der Waals surface area (Å²) in [5.41, 5.74) is 0.543. The van der Waals surface area contributed by atoms with Crippen LogP contribution in [0.25, 0.3) is 0 Å². The number of carbonyl (C=O) groups is 2. The van der Waals surface area contributed by atoms with Crippen LogP contribution < -0.4 is 10.6 Å². The average molecular weight is 423 g/mol. The second-order valence-electron chi connectivity index (χ2n) is 8.16. The Hall–Kier alpha value is -2.84. The third-order valence-corrected chi connectivity index (χ3v) is 4.63. The van der Waals surface area contributed by atoms with E-state index in [0.717, 1.165) is 12.8 Å². The molecule has 0 aliphatic heterocycles. The van der Waals surface area contributed by atoms with Crippen LogP contribution >= 0.6 is 0 Å². The number of anilines is 1. The summed E-state index contributed by atoms with van der Waals surface area (Å²) in [5.74, 6) is 0.794. The normalized spacial score (nSPS) is 10.9. The molecule has 0 bridgehead atoms. The first kappa shape index (κ1) is 25.2. The van der Waals surface area contributed by atoms with Gasteiger partial charge in [0.15, 0.2) is 0 Å². The Balaban J connectivity index is 2.96. The van der Waals surface area contributed by atoms with Crippen LogP contribution in [0.3, 0.4) is 0 Å². The molecule has 0 radical (unpaired) electrons. The van der Waals surface area contributed by atoms with E-state index in [9.17, 15) is 19.7 Å². The van der Waals surface area contributed by atoms with Gasteiger partial charge in [-0.05, 0) is 43.2 Å². The molecule has 0 saturated heterocycles. The second-order valence-corrected chi connectivity index (χ2v) is 8.16. The Morgan fingerprint density at radius 1 is 1.10 bits per heavy atom. The fourth-order valence-corrected chi connectivity index (χ4v) is 2.80. The minimum absolute atomic E-state index is 0.117. The third-order valence-electron chi connectivity index (χ3n) is 4.63. The van der Waals surface area contributed by atoms with E-state index in [4.69, 9.17) is 5.11 Å². The Labute approximate surface area is 178 Å². The molecule has 0 unspecified atom stereocenters. The van der Waals surface area contributed by atoms with E-state index in [1.165, 1.54) is 18.2 Å². The molecule has 0 atom stereocenters. The van der Waals surface area contributed by atoms with Crippen LogP contribution in [-0.4, -0.2) is 53.1 Å². The van der Waals surface area contributed by atoms with Crippen LogP contribution in [0.4, 0.5) is 16.2 Å². The number of nitro benzene ring substituents is 1. The maximum atomic E-state index is 13.1. The molecule has 1 aromatic rings. The molecule has 2 amide bonds. The highest BCUT2D eigenvalue weighted by Crippen LogP contribution is 2.26. The summed E-state index contributed by atoms with van der Waals surface area (Å²) >= 11 is 0. The lowest BCUT2D eigenvalue weighted by molar-refractivity contribution is -0.384. The molecule has 0 aliphatic rings. The summed E-state index contributed by atoms with van der Waals surface area (Å²) in [5, 5.41) is 25.1. The van der Waals surface area contributed by atoms with Gasteiger partial charge in [0.25, 0.3) is 11.6 Å². The topological polar surface area (TPSA) is 125 Å². The molecule has 0 aromatic heterocycles. The standard InChI is InChI=1S/C21H34N4O5/c1-15(2)8-12-24(13-9-16(3)4)20(26)17-6-7-19(25(29)30)18(14-17)22-10-5-11-23-21(27)28/h6-7,14-16,22-23H,5,8-13H2,1-4H3,(H,27,28). The zero-order valence-electron chi connectivity index (χ0n) is 18.3. The van der Waals surface area contributed by atoms with Crippen LogP contribution in [0, 0.1) is 22.0 Å². The molecule has 0 saturated carbocycles. The van der Waals surface area contributed by atoms with Gasteiger partial charge >= 0.3 is 6.09 Å². The number of rotatable bonds is 13. The zero-order valence-corrected chi connectivity index (χ0v) is 18.3. The van der Waals surface area contributed by atoms with Gasteiger partial charge in [-0.25, -0.2) is 4.79 Å². The number of hydrogen-bond donors (Lipinski definition) is 3. The fraction of sp³-hybridized carbons (Fsp3) is 0.619. The van der Waals surface area contributed by atoms with Gasteiger partial charge in [0, 0.05) is 37.8 Å². The first-order valence-electron chi connectivity index (χ1n) is 10.4. The Kier molecular flexibility index (Phi) is 10.6. The molecular weight excluding hydrogens is 388 g/mol. The van der Waals surface area contributed by atoms with E-state index in [0.29, 0.717) is 43.5 Å². The van der Waals surface area contributed by atoms with Gasteiger partial charge < -0.3 is 20.6 Å². The highest BCUT2D eigenvalue weighted by atomic mass is 16.6. The Morgan fingerprint density at radius 3 is 2.20 bits per heavy atom. The molecular formula is C21H34N4O5. The lowest BCUT2D eigenvalue weighted by Crippen LogP contribution is -2.34. The van der Waals surface area contributed by atoms with Gasteiger partial charge in [-0.1, -0.05) is 27.7 Å². The van der Waals surface area contributed by atoms with Gasteiger partial charge in [-0.2, -0.15) is 0 Å². The molecule has 1 aromatic carbocycles. The summed E-state index contributed by atoms with van der Waals surface area (Å²) in [6, 6.07) is 4.35. The lowest BCUT2D eigenvalue weighted by atomic mass is 10.1. The highest BCUT2D eigenvalue weighted by Gasteiger charge is 2.21. The lowest BCUT2D eigenvalue weighted by Gasteiger charge is -2.25. The first-order valence-corrected chi connectivity index (χ1v) is 10.4. The number of carbonyl (C=O) groups excluding carboxylic acids is 1. The number of nitro groups is 1. The van der Waals surface area contributed by atoms with E-state index in [-0.39, 0.29) is 23.8 Å². The molecule has 0 spiro atoms. The van der Waals surface area contributed by atoms with Crippen molar-refractivity contribution in [1.29, 1.82) is 0 Å². The number of amides is 2. The van der Waals surface area contributed by atoms with Crippen molar-refractivity contribution < 1.29 is 19.6 Å². The van der Waals surface area contributed by atoms with Crippen molar-refractivity contribution in [3.05, 3.63) is 33.9 Å². The van der Waals surface area contributed by atoms with Crippen molar-refractivity contribution in [3.8, 4) is 0 Å². The van der Waals surface area contributed by atoms with Gasteiger partial charge in [0.05, 0.1) is 4.92 Å². The number of nitrogens with zero attached hydrogens (tertiary/aromatic N) is 2. The van der Waals surface area contributed by atoms with Gasteiger partial charge in [0.1, 0.15) is 5.69 Å². The van der Waals surface area contributed by atoms with Crippen molar-refractivity contribution in [2.75, 3.05) is 31.5 Å². The summed E-state index contributed by atoms with van der Waals surface area (Å²) in [7, 11) is 0. The molecule has 1 rings (SSSR count). The van der Waals surface area contributed by atoms with Crippen molar-refractivity contribution in [3.63, 3.8) is 0 Å². The summed E-state index contributed by atoms with van der Waals surface area (Å²) in [6.45, 7) is 10.3. The van der Waals surface area contributed by atoms with E-state index in [1.54, 1.807) is 0 Å². The van der Waals surface area contributed by atoms with E-state index in [2.05, 4.69) is 38.3 Å².